The number of aromatic nitrogens is 2. The summed E-state index contributed by atoms with van der Waals surface area (Å²) in [5, 5.41) is 3.36. The highest BCUT2D eigenvalue weighted by Gasteiger charge is 2.05. The minimum Gasteiger partial charge on any atom is -0.309 e. The molecule has 0 aromatic carbocycles. The van der Waals surface area contributed by atoms with Crippen molar-refractivity contribution in [1.82, 2.24) is 15.3 Å². The van der Waals surface area contributed by atoms with E-state index in [0.717, 1.165) is 12.2 Å². The maximum Gasteiger partial charge on any atom is 0.115 e. The Morgan fingerprint density at radius 3 is 2.79 bits per heavy atom. The first-order chi connectivity index (χ1) is 6.58. The van der Waals surface area contributed by atoms with Crippen molar-refractivity contribution in [2.45, 2.75) is 26.3 Å². The minimum absolute atomic E-state index is 0.163. The van der Waals surface area contributed by atoms with E-state index in [0.29, 0.717) is 0 Å². The Hall–Kier alpha value is -1.22. The molecule has 0 spiro atoms. The minimum atomic E-state index is 0.163. The largest absolute Gasteiger partial charge is 0.309 e. The molecule has 0 fully saturated rings. The van der Waals surface area contributed by atoms with Gasteiger partial charge in [-0.2, -0.15) is 0 Å². The summed E-state index contributed by atoms with van der Waals surface area (Å²) in [4.78, 5) is 7.94. The number of hydrogen-bond acceptors (Lipinski definition) is 3. The lowest BCUT2D eigenvalue weighted by Gasteiger charge is -2.18. The molecule has 3 nitrogen and oxygen atoms in total. The van der Waals surface area contributed by atoms with Crippen molar-refractivity contribution >= 4 is 6.08 Å². The molecule has 1 aromatic rings. The third-order valence-electron chi connectivity index (χ3n) is 1.64. The molecular weight excluding hydrogens is 174 g/mol. The SMILES string of the molecule is CC(C)(C)NCC=Cc1ccncn1. The molecule has 0 saturated carbocycles. The van der Waals surface area contributed by atoms with Gasteiger partial charge in [0.15, 0.2) is 0 Å². The fourth-order valence-corrected chi connectivity index (χ4v) is 0.944. The highest BCUT2D eigenvalue weighted by Crippen LogP contribution is 1.98. The van der Waals surface area contributed by atoms with Crippen LogP contribution in [0.15, 0.2) is 24.7 Å². The van der Waals surface area contributed by atoms with E-state index in [1.807, 2.05) is 12.1 Å². The molecular formula is C11H17N3. The van der Waals surface area contributed by atoms with Crippen molar-refractivity contribution in [3.8, 4) is 0 Å². The van der Waals surface area contributed by atoms with Crippen molar-refractivity contribution in [2.24, 2.45) is 0 Å². The third-order valence-corrected chi connectivity index (χ3v) is 1.64. The van der Waals surface area contributed by atoms with Crippen molar-refractivity contribution in [2.75, 3.05) is 6.54 Å². The molecule has 0 radical (unpaired) electrons. The highest BCUT2D eigenvalue weighted by molar-refractivity contribution is 5.43. The zero-order chi connectivity index (χ0) is 10.4. The van der Waals surface area contributed by atoms with Crippen LogP contribution in [0, 0.1) is 0 Å². The van der Waals surface area contributed by atoms with Gasteiger partial charge in [-0.15, -0.1) is 0 Å². The molecule has 1 N–H and O–H groups in total. The average molecular weight is 191 g/mol. The summed E-state index contributed by atoms with van der Waals surface area (Å²) in [7, 11) is 0. The van der Waals surface area contributed by atoms with Crippen LogP contribution in [-0.4, -0.2) is 22.1 Å². The quantitative estimate of drug-likeness (QED) is 0.792. The van der Waals surface area contributed by atoms with Gasteiger partial charge in [0, 0.05) is 18.3 Å². The lowest BCUT2D eigenvalue weighted by atomic mass is 10.1. The Balaban J connectivity index is 2.35. The van der Waals surface area contributed by atoms with E-state index in [-0.39, 0.29) is 5.54 Å². The third kappa shape index (κ3) is 4.72. The van der Waals surface area contributed by atoms with Gasteiger partial charge in [-0.05, 0) is 32.9 Å². The molecule has 1 rings (SSSR count). The van der Waals surface area contributed by atoms with Crippen molar-refractivity contribution in [1.29, 1.82) is 0 Å². The summed E-state index contributed by atoms with van der Waals surface area (Å²) < 4.78 is 0. The maximum absolute atomic E-state index is 4.09. The zero-order valence-electron chi connectivity index (χ0n) is 8.99. The van der Waals surface area contributed by atoms with Gasteiger partial charge in [0.05, 0.1) is 5.69 Å². The standard InChI is InChI=1S/C11H17N3/c1-11(2,3)14-7-4-5-10-6-8-12-9-13-10/h4-6,8-9,14H,7H2,1-3H3. The molecule has 0 aliphatic rings. The number of rotatable bonds is 3. The van der Waals surface area contributed by atoms with Crippen LogP contribution in [0.2, 0.25) is 0 Å². The van der Waals surface area contributed by atoms with E-state index in [1.54, 1.807) is 12.5 Å². The lowest BCUT2D eigenvalue weighted by Crippen LogP contribution is -2.35. The molecule has 3 heteroatoms. The Bertz CT molecular complexity index is 285. The second-order valence-electron chi connectivity index (χ2n) is 4.17. The Morgan fingerprint density at radius 1 is 1.43 bits per heavy atom. The van der Waals surface area contributed by atoms with Gasteiger partial charge in [-0.1, -0.05) is 6.08 Å². The smallest absolute Gasteiger partial charge is 0.115 e. The van der Waals surface area contributed by atoms with Crippen molar-refractivity contribution in [3.05, 3.63) is 30.4 Å². The predicted octanol–water partition coefficient (Wildman–Crippen LogP) is 1.88. The van der Waals surface area contributed by atoms with Crippen LogP contribution in [0.1, 0.15) is 26.5 Å². The molecule has 0 aliphatic carbocycles. The van der Waals surface area contributed by atoms with E-state index in [9.17, 15) is 0 Å². The summed E-state index contributed by atoms with van der Waals surface area (Å²) in [5.41, 5.74) is 1.10. The Morgan fingerprint density at radius 2 is 2.21 bits per heavy atom. The molecule has 1 aromatic heterocycles. The topological polar surface area (TPSA) is 37.8 Å². The van der Waals surface area contributed by atoms with Crippen molar-refractivity contribution < 1.29 is 0 Å². The molecule has 0 unspecified atom stereocenters. The number of nitrogens with zero attached hydrogens (tertiary/aromatic N) is 2. The van der Waals surface area contributed by atoms with Crippen LogP contribution in [-0.2, 0) is 0 Å². The van der Waals surface area contributed by atoms with E-state index in [1.165, 1.54) is 0 Å². The van der Waals surface area contributed by atoms with E-state index in [2.05, 4.69) is 42.1 Å². The molecule has 1 heterocycles. The molecule has 14 heavy (non-hydrogen) atoms. The van der Waals surface area contributed by atoms with E-state index in [4.69, 9.17) is 0 Å². The monoisotopic (exact) mass is 191 g/mol. The molecule has 0 bridgehead atoms. The van der Waals surface area contributed by atoms with Gasteiger partial charge >= 0.3 is 0 Å². The van der Waals surface area contributed by atoms with Gasteiger partial charge < -0.3 is 5.32 Å². The first kappa shape index (κ1) is 10.9. The summed E-state index contributed by atoms with van der Waals surface area (Å²) in [6.45, 7) is 7.29. The maximum atomic E-state index is 4.09. The van der Waals surface area contributed by atoms with Crippen LogP contribution in [0.3, 0.4) is 0 Å². The normalized spacial score (nSPS) is 12.2. The molecule has 0 amide bonds. The summed E-state index contributed by atoms with van der Waals surface area (Å²) >= 11 is 0. The van der Waals surface area contributed by atoms with Crippen LogP contribution >= 0.6 is 0 Å². The van der Waals surface area contributed by atoms with E-state index < -0.39 is 0 Å². The first-order valence-electron chi connectivity index (χ1n) is 4.75. The van der Waals surface area contributed by atoms with E-state index >= 15 is 0 Å². The summed E-state index contributed by atoms with van der Waals surface area (Å²) in [6, 6.07) is 1.88. The fraction of sp³-hybridized carbons (Fsp3) is 0.455. The van der Waals surface area contributed by atoms with Gasteiger partial charge in [0.25, 0.3) is 0 Å². The Labute approximate surface area is 85.3 Å². The van der Waals surface area contributed by atoms with Crippen LogP contribution in [0.4, 0.5) is 0 Å². The Kier molecular flexibility index (Phi) is 3.77. The zero-order valence-corrected chi connectivity index (χ0v) is 8.99. The number of nitrogens with one attached hydrogen (secondary N) is 1. The van der Waals surface area contributed by atoms with Gasteiger partial charge in [-0.3, -0.25) is 0 Å². The predicted molar refractivity (Wildman–Crippen MR) is 58.8 cm³/mol. The summed E-state index contributed by atoms with van der Waals surface area (Å²) in [6.07, 6.45) is 7.34. The lowest BCUT2D eigenvalue weighted by molar-refractivity contribution is 0.450. The van der Waals surface area contributed by atoms with Crippen LogP contribution < -0.4 is 5.32 Å². The first-order valence-corrected chi connectivity index (χ1v) is 4.75. The van der Waals surface area contributed by atoms with Crippen LogP contribution in [0.5, 0.6) is 0 Å². The second-order valence-corrected chi connectivity index (χ2v) is 4.17. The second kappa shape index (κ2) is 4.86. The molecule has 0 saturated heterocycles. The molecule has 76 valence electrons. The van der Waals surface area contributed by atoms with Gasteiger partial charge in [0.1, 0.15) is 6.33 Å². The van der Waals surface area contributed by atoms with Gasteiger partial charge in [0.2, 0.25) is 0 Å². The van der Waals surface area contributed by atoms with Crippen molar-refractivity contribution in [3.63, 3.8) is 0 Å². The molecule has 0 atom stereocenters. The highest BCUT2D eigenvalue weighted by atomic mass is 14.9. The van der Waals surface area contributed by atoms with Gasteiger partial charge in [-0.25, -0.2) is 9.97 Å². The van der Waals surface area contributed by atoms with Crippen LogP contribution in [0.25, 0.3) is 6.08 Å². The number of hydrogen-bond donors (Lipinski definition) is 1. The molecule has 0 aliphatic heterocycles. The average Bonchev–Trinajstić information content (AvgIpc) is 2.13. The summed E-state index contributed by atoms with van der Waals surface area (Å²) in [5.74, 6) is 0. The fourth-order valence-electron chi connectivity index (χ4n) is 0.944.